The largest absolute Gasteiger partial charge is 0.378 e. The second-order valence-electron chi connectivity index (χ2n) is 9.32. The number of carbonyl (C=O) groups excluding carboxylic acids is 1. The molecule has 3 aromatic carbocycles. The number of primary amides is 1. The molecule has 5 nitrogen and oxygen atoms in total. The standard InChI is InChI=1S/C28H32N4O/c1-30(2)21-13-11-20(12-14-21)26(19-27(29)33)31-15-17-32(18-16-31)28-24-9-5-3-7-22(24)23-8-4-6-10-25(23)28/h3-14,26,28H,15-19H2,1-2H3,(H2,29,33). The number of amides is 1. The van der Waals surface area contributed by atoms with Gasteiger partial charge in [-0.1, -0.05) is 60.7 Å². The topological polar surface area (TPSA) is 52.8 Å². The number of hydrogen-bond acceptors (Lipinski definition) is 4. The average Bonchev–Trinajstić information content (AvgIpc) is 3.17. The Morgan fingerprint density at radius 1 is 0.879 bits per heavy atom. The van der Waals surface area contributed by atoms with Crippen molar-refractivity contribution in [1.29, 1.82) is 0 Å². The van der Waals surface area contributed by atoms with Gasteiger partial charge in [0.1, 0.15) is 0 Å². The molecule has 0 spiro atoms. The number of fused-ring (bicyclic) bond motifs is 3. The van der Waals surface area contributed by atoms with Gasteiger partial charge in [-0.25, -0.2) is 0 Å². The summed E-state index contributed by atoms with van der Waals surface area (Å²) in [5, 5.41) is 0. The summed E-state index contributed by atoms with van der Waals surface area (Å²) in [6, 6.07) is 26.4. The molecule has 1 heterocycles. The van der Waals surface area contributed by atoms with E-state index < -0.39 is 0 Å². The van der Waals surface area contributed by atoms with Crippen LogP contribution in [0.3, 0.4) is 0 Å². The molecule has 5 heteroatoms. The molecule has 0 radical (unpaired) electrons. The molecular weight excluding hydrogens is 408 g/mol. The normalized spacial score (nSPS) is 17.4. The Hall–Kier alpha value is -3.15. The third-order valence-corrected chi connectivity index (χ3v) is 7.14. The van der Waals surface area contributed by atoms with Crippen molar-refractivity contribution in [3.63, 3.8) is 0 Å². The lowest BCUT2D eigenvalue weighted by atomic mass is 9.98. The molecule has 170 valence electrons. The number of hydrogen-bond donors (Lipinski definition) is 1. The van der Waals surface area contributed by atoms with Crippen LogP contribution < -0.4 is 10.6 Å². The Kier molecular flexibility index (Phi) is 5.92. The molecule has 2 N–H and O–H groups in total. The zero-order valence-electron chi connectivity index (χ0n) is 19.4. The van der Waals surface area contributed by atoms with Crippen molar-refractivity contribution < 1.29 is 4.79 Å². The summed E-state index contributed by atoms with van der Waals surface area (Å²) >= 11 is 0. The van der Waals surface area contributed by atoms with Crippen LogP contribution in [0.5, 0.6) is 0 Å². The smallest absolute Gasteiger partial charge is 0.219 e. The van der Waals surface area contributed by atoms with Crippen LogP contribution in [0.2, 0.25) is 0 Å². The van der Waals surface area contributed by atoms with E-state index in [1.54, 1.807) is 0 Å². The van der Waals surface area contributed by atoms with Gasteiger partial charge in [0.25, 0.3) is 0 Å². The summed E-state index contributed by atoms with van der Waals surface area (Å²) in [5.74, 6) is -0.252. The van der Waals surface area contributed by atoms with Crippen molar-refractivity contribution in [2.75, 3.05) is 45.2 Å². The predicted molar refractivity (Wildman–Crippen MR) is 134 cm³/mol. The molecule has 0 aromatic heterocycles. The average molecular weight is 441 g/mol. The Morgan fingerprint density at radius 2 is 1.42 bits per heavy atom. The van der Waals surface area contributed by atoms with Gasteiger partial charge in [0.15, 0.2) is 0 Å². The molecule has 1 aliphatic carbocycles. The Labute approximate surface area is 196 Å². The molecule has 1 amide bonds. The molecule has 5 rings (SSSR count). The fraction of sp³-hybridized carbons (Fsp3) is 0.321. The fourth-order valence-electron chi connectivity index (χ4n) is 5.47. The van der Waals surface area contributed by atoms with Crippen LogP contribution in [0, 0.1) is 0 Å². The summed E-state index contributed by atoms with van der Waals surface area (Å²) in [7, 11) is 4.07. The van der Waals surface area contributed by atoms with E-state index in [1.165, 1.54) is 22.3 Å². The first kappa shape index (κ1) is 21.7. The van der Waals surface area contributed by atoms with Crippen LogP contribution in [0.1, 0.15) is 35.2 Å². The summed E-state index contributed by atoms with van der Waals surface area (Å²) in [6.45, 7) is 3.74. The molecule has 2 aliphatic rings. The molecule has 1 aliphatic heterocycles. The van der Waals surface area contributed by atoms with E-state index in [2.05, 4.69) is 87.5 Å². The third kappa shape index (κ3) is 4.14. The second kappa shape index (κ2) is 9.00. The van der Waals surface area contributed by atoms with Gasteiger partial charge >= 0.3 is 0 Å². The van der Waals surface area contributed by atoms with Gasteiger partial charge in [0.2, 0.25) is 5.91 Å². The summed E-state index contributed by atoms with van der Waals surface area (Å²) in [6.07, 6.45) is 0.344. The highest BCUT2D eigenvalue weighted by atomic mass is 16.1. The van der Waals surface area contributed by atoms with Crippen LogP contribution in [-0.4, -0.2) is 56.0 Å². The lowest BCUT2D eigenvalue weighted by molar-refractivity contribution is -0.119. The Balaban J connectivity index is 1.36. The van der Waals surface area contributed by atoms with Crippen molar-refractivity contribution in [2.45, 2.75) is 18.5 Å². The van der Waals surface area contributed by atoms with Crippen molar-refractivity contribution in [1.82, 2.24) is 9.80 Å². The van der Waals surface area contributed by atoms with Gasteiger partial charge in [-0.3, -0.25) is 14.6 Å². The monoisotopic (exact) mass is 440 g/mol. The van der Waals surface area contributed by atoms with E-state index in [1.807, 2.05) is 14.1 Å². The van der Waals surface area contributed by atoms with E-state index >= 15 is 0 Å². The zero-order valence-corrected chi connectivity index (χ0v) is 19.4. The maximum absolute atomic E-state index is 11.9. The minimum absolute atomic E-state index is 0.0176. The first-order chi connectivity index (χ1) is 16.0. The molecule has 1 atom stereocenters. The molecule has 0 bridgehead atoms. The van der Waals surface area contributed by atoms with Gasteiger partial charge in [-0.2, -0.15) is 0 Å². The molecule has 1 unspecified atom stereocenters. The summed E-state index contributed by atoms with van der Waals surface area (Å²) < 4.78 is 0. The lowest BCUT2D eigenvalue weighted by Crippen LogP contribution is -2.49. The van der Waals surface area contributed by atoms with Gasteiger partial charge < -0.3 is 10.6 Å². The first-order valence-corrected chi connectivity index (χ1v) is 11.7. The fourth-order valence-corrected chi connectivity index (χ4v) is 5.47. The maximum atomic E-state index is 11.9. The molecule has 0 saturated carbocycles. The number of rotatable bonds is 6. The van der Waals surface area contributed by atoms with Gasteiger partial charge in [-0.15, -0.1) is 0 Å². The highest BCUT2D eigenvalue weighted by molar-refractivity contribution is 5.78. The highest BCUT2D eigenvalue weighted by Crippen LogP contribution is 2.46. The zero-order chi connectivity index (χ0) is 22.9. The number of benzene rings is 3. The Bertz CT molecular complexity index is 1090. The van der Waals surface area contributed by atoms with Gasteiger partial charge in [-0.05, 0) is 39.9 Å². The summed E-state index contributed by atoms with van der Waals surface area (Å²) in [4.78, 5) is 19.0. The van der Waals surface area contributed by atoms with E-state index in [9.17, 15) is 4.79 Å². The molecule has 1 saturated heterocycles. The van der Waals surface area contributed by atoms with E-state index in [0.29, 0.717) is 12.5 Å². The molecule has 3 aromatic rings. The van der Waals surface area contributed by atoms with E-state index in [0.717, 1.165) is 37.4 Å². The van der Waals surface area contributed by atoms with Crippen molar-refractivity contribution in [2.24, 2.45) is 5.73 Å². The number of piperazine rings is 1. The number of nitrogens with zero attached hydrogens (tertiary/aromatic N) is 3. The van der Waals surface area contributed by atoms with Crippen LogP contribution in [0.15, 0.2) is 72.8 Å². The number of nitrogens with two attached hydrogens (primary N) is 1. The number of anilines is 1. The number of carbonyl (C=O) groups is 1. The van der Waals surface area contributed by atoms with Crippen LogP contribution in [0.4, 0.5) is 5.69 Å². The van der Waals surface area contributed by atoms with Gasteiger partial charge in [0.05, 0.1) is 6.04 Å². The quantitative estimate of drug-likeness (QED) is 0.628. The van der Waals surface area contributed by atoms with Crippen LogP contribution >= 0.6 is 0 Å². The molecule has 33 heavy (non-hydrogen) atoms. The van der Waals surface area contributed by atoms with Crippen LogP contribution in [-0.2, 0) is 4.79 Å². The first-order valence-electron chi connectivity index (χ1n) is 11.7. The minimum atomic E-state index is -0.252. The minimum Gasteiger partial charge on any atom is -0.378 e. The maximum Gasteiger partial charge on any atom is 0.219 e. The van der Waals surface area contributed by atoms with Crippen molar-refractivity contribution in [3.05, 3.63) is 89.5 Å². The second-order valence-corrected chi connectivity index (χ2v) is 9.32. The van der Waals surface area contributed by atoms with E-state index in [-0.39, 0.29) is 11.9 Å². The molecule has 1 fully saturated rings. The van der Waals surface area contributed by atoms with Crippen molar-refractivity contribution in [3.8, 4) is 11.1 Å². The third-order valence-electron chi connectivity index (χ3n) is 7.14. The highest BCUT2D eigenvalue weighted by Gasteiger charge is 2.35. The van der Waals surface area contributed by atoms with Crippen LogP contribution in [0.25, 0.3) is 11.1 Å². The van der Waals surface area contributed by atoms with Gasteiger partial charge in [0, 0.05) is 58.4 Å². The predicted octanol–water partition coefficient (Wildman–Crippen LogP) is 4.06. The Morgan fingerprint density at radius 3 is 1.94 bits per heavy atom. The van der Waals surface area contributed by atoms with E-state index in [4.69, 9.17) is 5.73 Å². The van der Waals surface area contributed by atoms with Crippen molar-refractivity contribution >= 4 is 11.6 Å². The SMILES string of the molecule is CN(C)c1ccc(C(CC(N)=O)N2CCN(C3c4ccccc4-c4ccccc43)CC2)cc1. The summed E-state index contributed by atoms with van der Waals surface area (Å²) in [5.41, 5.74) is 13.5. The molecular formula is C28H32N4O. The lowest BCUT2D eigenvalue weighted by Gasteiger charge is -2.42.